The number of amides is 1. The molecule has 0 spiro atoms. The molecule has 5 N–H and O–H groups in total. The van der Waals surface area contributed by atoms with Gasteiger partial charge in [0.15, 0.2) is 1.41 Å². The van der Waals surface area contributed by atoms with E-state index in [1.54, 1.807) is 12.8 Å². The molecule has 0 aliphatic carbocycles. The van der Waals surface area contributed by atoms with Crippen molar-refractivity contribution in [2.24, 2.45) is 11.5 Å². The summed E-state index contributed by atoms with van der Waals surface area (Å²) in [5.41, 5.74) is 6.94. The van der Waals surface area contributed by atoms with Gasteiger partial charge >= 0.3 is 0 Å². The van der Waals surface area contributed by atoms with Crippen LogP contribution in [0, 0.1) is 0 Å². The highest BCUT2D eigenvalue weighted by Gasteiger charge is 2.05. The van der Waals surface area contributed by atoms with Crippen LogP contribution in [0.25, 0.3) is 0 Å². The maximum Gasteiger partial charge on any atom is 0.235 e. The second-order valence-electron chi connectivity index (χ2n) is 1.53. The Morgan fingerprint density at radius 3 is 3.12 bits per heavy atom. The molecule has 4 nitrogen and oxygen atoms in total. The molecule has 0 radical (unpaired) electrons. The average Bonchev–Trinajstić information content (AvgIpc) is 1.87. The molecule has 1 atom stereocenters. The number of hydrogen-bond acceptors (Lipinski definition) is 3. The smallest absolute Gasteiger partial charge is 0.235 e. The summed E-state index contributed by atoms with van der Waals surface area (Å²) in [6.07, 6.45) is 0. The SMILES string of the molecule is [2H]NC(=O)C(N)CNC. The molecule has 0 aromatic heterocycles. The lowest BCUT2D eigenvalue weighted by Gasteiger charge is -2.03. The molecule has 0 fully saturated rings. The summed E-state index contributed by atoms with van der Waals surface area (Å²) < 4.78 is 6.41. The lowest BCUT2D eigenvalue weighted by Crippen LogP contribution is -2.43. The summed E-state index contributed by atoms with van der Waals surface area (Å²) >= 11 is 0. The van der Waals surface area contributed by atoms with E-state index in [0.717, 1.165) is 0 Å². The zero-order chi connectivity index (χ0) is 7.28. The van der Waals surface area contributed by atoms with Crippen molar-refractivity contribution in [2.45, 2.75) is 6.04 Å². The summed E-state index contributed by atoms with van der Waals surface area (Å²) in [7, 11) is 1.69. The summed E-state index contributed by atoms with van der Waals surface area (Å²) in [6, 6.07) is -0.618. The normalized spacial score (nSPS) is 14.5. The minimum atomic E-state index is -0.618. The fourth-order valence-corrected chi connectivity index (χ4v) is 0.313. The molecule has 0 aliphatic heterocycles. The van der Waals surface area contributed by atoms with Gasteiger partial charge < -0.3 is 16.8 Å². The summed E-state index contributed by atoms with van der Waals surface area (Å²) in [6.45, 7) is 0.394. The second kappa shape index (κ2) is 3.40. The van der Waals surface area contributed by atoms with Crippen LogP contribution in [0.15, 0.2) is 0 Å². The van der Waals surface area contributed by atoms with Crippen LogP contribution < -0.4 is 16.8 Å². The molecule has 0 rings (SSSR count). The molecule has 0 aromatic carbocycles. The molecule has 0 saturated heterocycles. The third-order valence-electron chi connectivity index (χ3n) is 0.761. The van der Waals surface area contributed by atoms with E-state index in [0.29, 0.717) is 6.54 Å². The topological polar surface area (TPSA) is 81.1 Å². The van der Waals surface area contributed by atoms with Crippen LogP contribution in [0.2, 0.25) is 1.41 Å². The van der Waals surface area contributed by atoms with E-state index in [1.807, 2.05) is 0 Å². The first-order valence-electron chi connectivity index (χ1n) is 2.84. The molecule has 0 aliphatic rings. The van der Waals surface area contributed by atoms with Crippen molar-refractivity contribution in [2.75, 3.05) is 13.6 Å². The molecule has 4 heteroatoms. The quantitative estimate of drug-likeness (QED) is 0.401. The van der Waals surface area contributed by atoms with E-state index >= 15 is 0 Å². The zero-order valence-corrected chi connectivity index (χ0v) is 4.77. The Labute approximate surface area is 49.7 Å². The number of likely N-dealkylation sites (N-methyl/N-ethyl adjacent to an activating group) is 1. The molecule has 8 heavy (non-hydrogen) atoms. The van der Waals surface area contributed by atoms with Gasteiger partial charge in [0.2, 0.25) is 5.91 Å². The van der Waals surface area contributed by atoms with E-state index < -0.39 is 11.9 Å². The highest BCUT2D eigenvalue weighted by molar-refractivity contribution is 5.79. The number of hydrogen-bond donors (Lipinski definition) is 3. The van der Waals surface area contributed by atoms with Crippen LogP contribution in [-0.2, 0) is 4.79 Å². The van der Waals surface area contributed by atoms with Crippen molar-refractivity contribution in [3.05, 3.63) is 0 Å². The minimum Gasteiger partial charge on any atom is -0.368 e. The first kappa shape index (κ1) is 5.53. The maximum absolute atomic E-state index is 10.4. The lowest BCUT2D eigenvalue weighted by molar-refractivity contribution is -0.119. The molecular formula is C4H11N3O. The van der Waals surface area contributed by atoms with Crippen molar-refractivity contribution in [1.29, 1.82) is 0 Å². The average molecular weight is 118 g/mol. The van der Waals surface area contributed by atoms with Crippen LogP contribution in [0.5, 0.6) is 0 Å². The molecule has 0 aromatic rings. The van der Waals surface area contributed by atoms with E-state index in [4.69, 9.17) is 7.15 Å². The zero-order valence-electron chi connectivity index (χ0n) is 5.77. The number of nitrogens with one attached hydrogen (secondary N) is 1. The first-order chi connectivity index (χ1) is 4.22. The maximum atomic E-state index is 10.4. The molecule has 0 heterocycles. The highest BCUT2D eigenvalue weighted by Crippen LogP contribution is 1.68. The number of carbonyl (C=O) groups excluding carboxylic acids is 1. The standard InChI is InChI=1S/C4H11N3O/c1-7-2-3(5)4(6)8/h3,7H,2,5H2,1H3,(H2,6,8)/i/hD. The van der Waals surface area contributed by atoms with Crippen molar-refractivity contribution in [1.82, 2.24) is 5.32 Å². The largest absolute Gasteiger partial charge is 0.368 e. The van der Waals surface area contributed by atoms with E-state index in [-0.39, 0.29) is 0 Å². The highest BCUT2D eigenvalue weighted by atomic mass is 16.1. The predicted molar refractivity (Wildman–Crippen MR) is 31.1 cm³/mol. The fraction of sp³-hybridized carbons (Fsp3) is 0.750. The van der Waals surface area contributed by atoms with Crippen molar-refractivity contribution >= 4 is 5.91 Å². The number of carbonyl (C=O) groups is 1. The molecule has 0 saturated carbocycles. The molecule has 1 unspecified atom stereocenters. The van der Waals surface area contributed by atoms with Gasteiger partial charge in [-0.25, -0.2) is 0 Å². The van der Waals surface area contributed by atoms with Crippen molar-refractivity contribution < 1.29 is 6.21 Å². The van der Waals surface area contributed by atoms with Gasteiger partial charge in [-0.1, -0.05) is 0 Å². The Bertz CT molecular complexity index is 97.8. The van der Waals surface area contributed by atoms with Crippen LogP contribution >= 0.6 is 0 Å². The Morgan fingerprint density at radius 1 is 2.12 bits per heavy atom. The third-order valence-corrected chi connectivity index (χ3v) is 0.761. The minimum absolute atomic E-state index is 0.394. The summed E-state index contributed by atoms with van der Waals surface area (Å²) in [4.78, 5) is 10.4. The van der Waals surface area contributed by atoms with Gasteiger partial charge in [-0.05, 0) is 7.05 Å². The Morgan fingerprint density at radius 2 is 2.75 bits per heavy atom. The van der Waals surface area contributed by atoms with Gasteiger partial charge in [0, 0.05) is 6.54 Å². The van der Waals surface area contributed by atoms with Gasteiger partial charge in [-0.15, -0.1) is 0 Å². The van der Waals surface area contributed by atoms with Gasteiger partial charge in [-0.2, -0.15) is 0 Å². The predicted octanol–water partition coefficient (Wildman–Crippen LogP) is -1.98. The Hall–Kier alpha value is -0.610. The molecule has 48 valence electrons. The Kier molecular flexibility index (Phi) is 2.35. The Balaban J connectivity index is 3.45. The van der Waals surface area contributed by atoms with Gasteiger partial charge in [0.1, 0.15) is 0 Å². The van der Waals surface area contributed by atoms with Crippen LogP contribution in [-0.4, -0.2) is 25.5 Å². The lowest BCUT2D eigenvalue weighted by atomic mass is 10.3. The van der Waals surface area contributed by atoms with Gasteiger partial charge in [0.25, 0.3) is 0 Å². The van der Waals surface area contributed by atoms with Crippen LogP contribution in [0.1, 0.15) is 0 Å². The monoisotopic (exact) mass is 118 g/mol. The van der Waals surface area contributed by atoms with Crippen LogP contribution in [0.4, 0.5) is 0 Å². The first-order valence-corrected chi connectivity index (χ1v) is 2.34. The number of primary amides is 1. The van der Waals surface area contributed by atoms with Gasteiger partial charge in [0.05, 0.1) is 6.04 Å². The van der Waals surface area contributed by atoms with E-state index in [9.17, 15) is 4.79 Å². The van der Waals surface area contributed by atoms with Crippen molar-refractivity contribution in [3.8, 4) is 0 Å². The van der Waals surface area contributed by atoms with Crippen molar-refractivity contribution in [3.63, 3.8) is 0 Å². The van der Waals surface area contributed by atoms with Gasteiger partial charge in [-0.3, -0.25) is 4.79 Å². The molecule has 0 bridgehead atoms. The van der Waals surface area contributed by atoms with Crippen LogP contribution in [0.3, 0.4) is 0 Å². The number of nitrogens with two attached hydrogens (primary N) is 2. The molecular weight excluding hydrogens is 106 g/mol. The molecule has 1 amide bonds. The second-order valence-corrected chi connectivity index (χ2v) is 1.53. The fourth-order valence-electron chi connectivity index (χ4n) is 0.313. The van der Waals surface area contributed by atoms with E-state index in [1.165, 1.54) is 0 Å². The summed E-state index contributed by atoms with van der Waals surface area (Å²) in [5.74, 6) is -0.468. The third kappa shape index (κ3) is 2.54. The van der Waals surface area contributed by atoms with E-state index in [2.05, 4.69) is 5.32 Å². The summed E-state index contributed by atoms with van der Waals surface area (Å²) in [5, 5.41) is 2.71. The number of rotatable bonds is 3.